The first kappa shape index (κ1) is 42.2. The van der Waals surface area contributed by atoms with Crippen molar-refractivity contribution in [1.82, 2.24) is 24.6 Å². The molecule has 2 N–H and O–H groups in total. The smallest absolute Gasteiger partial charge is 0.196 e. The maximum absolute atomic E-state index is 14.1. The molecule has 4 aromatic heterocycles. The number of hydrogen-bond donors (Lipinski definition) is 2. The van der Waals surface area contributed by atoms with Gasteiger partial charge in [0.2, 0.25) is 0 Å². The number of rotatable bonds is 12. The number of phenols is 2. The summed E-state index contributed by atoms with van der Waals surface area (Å²) in [6.07, 6.45) is 9.85. The number of ketones is 1. The van der Waals surface area contributed by atoms with Crippen LogP contribution in [-0.2, 0) is 12.8 Å². The Kier molecular flexibility index (Phi) is 10.9. The molecule has 66 heavy (non-hydrogen) atoms. The third kappa shape index (κ3) is 7.92. The quantitative estimate of drug-likeness (QED) is 0.115. The normalized spacial score (nSPS) is 19.3. The number of aromatic nitrogens is 4. The van der Waals surface area contributed by atoms with E-state index in [0.717, 1.165) is 85.8 Å². The molecular formula is C53H50N6O5S2. The summed E-state index contributed by atoms with van der Waals surface area (Å²) in [5, 5.41) is 31.0. The van der Waals surface area contributed by atoms with Crippen LogP contribution in [-0.4, -0.2) is 72.6 Å². The van der Waals surface area contributed by atoms with E-state index < -0.39 is 0 Å². The summed E-state index contributed by atoms with van der Waals surface area (Å²) in [5.41, 5.74) is 8.20. The molecule has 0 bridgehead atoms. The minimum Gasteiger partial charge on any atom is -0.508 e. The second kappa shape index (κ2) is 17.1. The molecule has 11 nitrogen and oxygen atoms in total. The minimum atomic E-state index is -0.291. The number of piperidine rings is 1. The van der Waals surface area contributed by atoms with Crippen molar-refractivity contribution in [2.45, 2.75) is 65.3 Å². The number of nitrogens with zero attached hydrogens (tertiary/aromatic N) is 6. The summed E-state index contributed by atoms with van der Waals surface area (Å²) in [6.45, 7) is 10.0. The Labute approximate surface area is 391 Å². The summed E-state index contributed by atoms with van der Waals surface area (Å²) in [4.78, 5) is 28.5. The summed E-state index contributed by atoms with van der Waals surface area (Å²) < 4.78 is 14.9. The molecule has 1 atom stereocenters. The highest BCUT2D eigenvalue weighted by Gasteiger charge is 2.46. The summed E-state index contributed by atoms with van der Waals surface area (Å²) >= 11 is 3.23. The second-order valence-corrected chi connectivity index (χ2v) is 20.6. The molecule has 4 aromatic carbocycles. The predicted molar refractivity (Wildman–Crippen MR) is 259 cm³/mol. The number of benzene rings is 4. The number of fused-ring (bicyclic) bond motifs is 4. The molecule has 13 heteroatoms. The Morgan fingerprint density at radius 3 is 2.44 bits per heavy atom. The van der Waals surface area contributed by atoms with Crippen molar-refractivity contribution < 1.29 is 24.2 Å². The molecule has 1 aliphatic carbocycles. The highest BCUT2D eigenvalue weighted by Crippen LogP contribution is 2.52. The average Bonchev–Trinajstić information content (AvgIpc) is 4.10. The van der Waals surface area contributed by atoms with Crippen molar-refractivity contribution in [3.8, 4) is 32.7 Å². The van der Waals surface area contributed by atoms with Gasteiger partial charge in [-0.25, -0.2) is 4.98 Å². The zero-order valence-corrected chi connectivity index (χ0v) is 38.8. The van der Waals surface area contributed by atoms with Crippen LogP contribution in [0.2, 0.25) is 0 Å². The Bertz CT molecular complexity index is 3110. The van der Waals surface area contributed by atoms with E-state index in [2.05, 4.69) is 62.8 Å². The Morgan fingerprint density at radius 1 is 0.894 bits per heavy atom. The summed E-state index contributed by atoms with van der Waals surface area (Å²) in [5.74, 6) is 3.91. The van der Waals surface area contributed by atoms with Crippen LogP contribution >= 0.6 is 22.7 Å². The van der Waals surface area contributed by atoms with Gasteiger partial charge in [0.05, 0.1) is 18.3 Å². The zero-order valence-electron chi connectivity index (χ0n) is 37.2. The number of carbonyl (C=O) groups excluding carboxylic acids is 1. The first-order valence-corrected chi connectivity index (χ1v) is 24.3. The van der Waals surface area contributed by atoms with E-state index in [1.165, 1.54) is 53.0 Å². The number of aliphatic imine (C=N–C) groups is 1. The van der Waals surface area contributed by atoms with Gasteiger partial charge >= 0.3 is 0 Å². The van der Waals surface area contributed by atoms with E-state index in [1.54, 1.807) is 54.1 Å². The molecule has 2 fully saturated rings. The van der Waals surface area contributed by atoms with Gasteiger partial charge < -0.3 is 19.4 Å². The fourth-order valence-corrected chi connectivity index (χ4v) is 13.0. The van der Waals surface area contributed by atoms with Gasteiger partial charge in [-0.2, -0.15) is 0 Å². The van der Waals surface area contributed by atoms with Crippen LogP contribution in [0.5, 0.6) is 17.2 Å². The molecule has 0 unspecified atom stereocenters. The molecule has 3 aliphatic rings. The summed E-state index contributed by atoms with van der Waals surface area (Å²) in [6, 6.07) is 28.2. The number of oxazole rings is 1. The van der Waals surface area contributed by atoms with Crippen molar-refractivity contribution in [1.29, 1.82) is 0 Å². The van der Waals surface area contributed by atoms with Gasteiger partial charge in [0, 0.05) is 55.2 Å². The van der Waals surface area contributed by atoms with Crippen LogP contribution in [0.3, 0.4) is 0 Å². The Balaban J connectivity index is 0.710. The van der Waals surface area contributed by atoms with E-state index in [4.69, 9.17) is 14.1 Å². The van der Waals surface area contributed by atoms with E-state index >= 15 is 0 Å². The number of thiophene rings is 2. The van der Waals surface area contributed by atoms with Crippen LogP contribution in [0, 0.1) is 32.1 Å². The molecule has 8 aromatic rings. The number of aryl methyl sites for hydroxylation is 2. The van der Waals surface area contributed by atoms with Crippen LogP contribution in [0.15, 0.2) is 113 Å². The second-order valence-electron chi connectivity index (χ2n) is 18.3. The minimum absolute atomic E-state index is 0.0977. The molecule has 0 radical (unpaired) electrons. The largest absolute Gasteiger partial charge is 0.508 e. The lowest BCUT2D eigenvalue weighted by atomic mass is 9.57. The number of phenolic OH excluding ortho intramolecular Hbond substituents is 2. The van der Waals surface area contributed by atoms with Crippen molar-refractivity contribution in [3.63, 3.8) is 0 Å². The molecule has 2 aliphatic heterocycles. The van der Waals surface area contributed by atoms with Gasteiger partial charge in [-0.1, -0.05) is 24.3 Å². The topological polar surface area (TPSA) is 139 Å². The first-order valence-electron chi connectivity index (χ1n) is 22.7. The predicted octanol–water partition coefficient (Wildman–Crippen LogP) is 11.0. The number of ether oxygens (including phenoxy) is 1. The van der Waals surface area contributed by atoms with Gasteiger partial charge in [-0.15, -0.1) is 32.9 Å². The standard InChI is InChI=1S/C53H50N6O5S2/c1-31-32(2)65-52-46(31)48(55-43(27-45-54-20-23-64-45)51-57-56-33(3)59(51)52)36-7-5-34(6-8-36)25-35-28-53(29-35)19-4-21-58(30-53)22-24-63-41-16-11-37(12-17-41)49(62)47-42-18-15-40(61)26-44(42)66-50(47)38-9-13-39(60)14-10-38/h5-18,20,23,26,35,43,60-61H,4,19,21-22,24-25,27-30H2,1-3H3/t35?,43-,53?/m0/s1. The lowest BCUT2D eigenvalue weighted by molar-refractivity contribution is -0.0259. The van der Waals surface area contributed by atoms with Gasteiger partial charge in [0.15, 0.2) is 17.5 Å². The molecule has 0 amide bonds. The number of carbonyl (C=O) groups is 1. The van der Waals surface area contributed by atoms with Crippen molar-refractivity contribution in [2.24, 2.45) is 16.3 Å². The van der Waals surface area contributed by atoms with Crippen molar-refractivity contribution in [3.05, 3.63) is 159 Å². The Morgan fingerprint density at radius 2 is 1.67 bits per heavy atom. The third-order valence-corrected chi connectivity index (χ3v) is 16.2. The molecule has 11 rings (SSSR count). The summed E-state index contributed by atoms with van der Waals surface area (Å²) in [7, 11) is 0. The van der Waals surface area contributed by atoms with Crippen LogP contribution in [0.1, 0.15) is 92.3 Å². The van der Waals surface area contributed by atoms with Gasteiger partial charge in [-0.3, -0.25) is 19.3 Å². The maximum Gasteiger partial charge on any atom is 0.196 e. The van der Waals surface area contributed by atoms with Gasteiger partial charge in [-0.05, 0) is 154 Å². The van der Waals surface area contributed by atoms with Gasteiger partial charge in [0.1, 0.15) is 47.0 Å². The van der Waals surface area contributed by atoms with Crippen molar-refractivity contribution >= 4 is 44.3 Å². The lowest BCUT2D eigenvalue weighted by Gasteiger charge is -2.53. The third-order valence-electron chi connectivity index (χ3n) is 13.8. The van der Waals surface area contributed by atoms with E-state index in [9.17, 15) is 15.0 Å². The Hall–Kier alpha value is -6.41. The van der Waals surface area contributed by atoms with Crippen LogP contribution < -0.4 is 4.74 Å². The van der Waals surface area contributed by atoms with E-state index in [1.807, 2.05) is 43.3 Å². The van der Waals surface area contributed by atoms with E-state index in [-0.39, 0.29) is 23.3 Å². The average molecular weight is 915 g/mol. The van der Waals surface area contributed by atoms with Crippen LogP contribution in [0.4, 0.5) is 0 Å². The fraction of sp³-hybridized carbons (Fsp3) is 0.302. The van der Waals surface area contributed by atoms with Crippen LogP contribution in [0.25, 0.3) is 25.5 Å². The fourth-order valence-electron chi connectivity index (χ4n) is 10.6. The first-order chi connectivity index (χ1) is 32.1. The van der Waals surface area contributed by atoms with Crippen molar-refractivity contribution in [2.75, 3.05) is 26.2 Å². The molecule has 1 spiro atoms. The highest BCUT2D eigenvalue weighted by atomic mass is 32.1. The van der Waals surface area contributed by atoms with Gasteiger partial charge in [0.25, 0.3) is 0 Å². The molecular weight excluding hydrogens is 865 g/mol. The maximum atomic E-state index is 14.1. The molecule has 6 heterocycles. The van der Waals surface area contributed by atoms with E-state index in [0.29, 0.717) is 41.4 Å². The molecule has 334 valence electrons. The highest BCUT2D eigenvalue weighted by molar-refractivity contribution is 7.22. The molecule has 1 saturated carbocycles. The monoisotopic (exact) mass is 914 g/mol. The number of hydrogen-bond acceptors (Lipinski definition) is 12. The number of aromatic hydroxyl groups is 2. The zero-order chi connectivity index (χ0) is 45.1. The number of likely N-dealkylation sites (tertiary alicyclic amines) is 1. The lowest BCUT2D eigenvalue weighted by Crippen LogP contribution is -2.51. The SMILES string of the molecule is Cc1sc2c(c1C)C(c1ccc(CC3CC4(CCCN(CCOc5ccc(C(=O)c6c(-c7ccc(O)cc7)sc7cc(O)ccc67)cc5)C4)C3)cc1)=N[C@@H](Cc1ncco1)c1nnc(C)n1-2. The molecule has 1 saturated heterocycles.